The first kappa shape index (κ1) is 21.4. The quantitative estimate of drug-likeness (QED) is 0.651. The van der Waals surface area contributed by atoms with E-state index in [2.05, 4.69) is 15.4 Å². The largest absolute Gasteiger partial charge is 0.350 e. The summed E-state index contributed by atoms with van der Waals surface area (Å²) in [5, 5.41) is 8.07. The van der Waals surface area contributed by atoms with Crippen molar-refractivity contribution < 1.29 is 17.6 Å². The van der Waals surface area contributed by atoms with Crippen LogP contribution in [0.25, 0.3) is 22.3 Å². The average molecular weight is 445 g/mol. The van der Waals surface area contributed by atoms with E-state index in [0.29, 0.717) is 34.4 Å². The van der Waals surface area contributed by atoms with Crippen molar-refractivity contribution in [3.8, 4) is 11.3 Å². The lowest BCUT2D eigenvalue weighted by atomic mass is 10.0. The molecule has 0 saturated carbocycles. The molecule has 1 saturated heterocycles. The van der Waals surface area contributed by atoms with Crippen molar-refractivity contribution >= 4 is 26.8 Å². The molecule has 1 aliphatic rings. The molecule has 1 amide bonds. The van der Waals surface area contributed by atoms with Gasteiger partial charge in [-0.3, -0.25) is 4.79 Å². The van der Waals surface area contributed by atoms with Crippen LogP contribution in [0.2, 0.25) is 0 Å². The summed E-state index contributed by atoms with van der Waals surface area (Å²) in [5.41, 5.74) is 1.91. The molecule has 4 rings (SSSR count). The zero-order valence-corrected chi connectivity index (χ0v) is 18.5. The van der Waals surface area contributed by atoms with E-state index in [1.54, 1.807) is 35.9 Å². The van der Waals surface area contributed by atoms with Gasteiger partial charge in [-0.25, -0.2) is 22.5 Å². The summed E-state index contributed by atoms with van der Waals surface area (Å²) in [4.78, 5) is 17.8. The third-order valence-electron chi connectivity index (χ3n) is 5.78. The summed E-state index contributed by atoms with van der Waals surface area (Å²) in [7, 11) is -3.15. The van der Waals surface area contributed by atoms with Crippen LogP contribution in [0.5, 0.6) is 0 Å². The van der Waals surface area contributed by atoms with Gasteiger partial charge in [0.25, 0.3) is 5.91 Å². The van der Waals surface area contributed by atoms with Crippen LogP contribution in [0.1, 0.15) is 48.8 Å². The molecular formula is C22H25FN4O3S. The van der Waals surface area contributed by atoms with Crippen molar-refractivity contribution in [1.29, 1.82) is 0 Å². The first-order chi connectivity index (χ1) is 14.7. The van der Waals surface area contributed by atoms with Crippen LogP contribution in [-0.2, 0) is 9.84 Å². The molecule has 2 unspecified atom stereocenters. The fourth-order valence-electron chi connectivity index (χ4n) is 3.93. The highest BCUT2D eigenvalue weighted by Crippen LogP contribution is 2.32. The maximum absolute atomic E-state index is 14.5. The average Bonchev–Trinajstić information content (AvgIpc) is 3.26. The van der Waals surface area contributed by atoms with Gasteiger partial charge >= 0.3 is 0 Å². The van der Waals surface area contributed by atoms with Crippen LogP contribution in [-0.4, -0.2) is 46.6 Å². The minimum Gasteiger partial charge on any atom is -0.350 e. The highest BCUT2D eigenvalue weighted by Gasteiger charge is 2.32. The fraction of sp³-hybridized carbons (Fsp3) is 0.409. The number of nitrogens with zero attached hydrogens (tertiary/aromatic N) is 3. The molecule has 164 valence electrons. The predicted molar refractivity (Wildman–Crippen MR) is 117 cm³/mol. The number of halogens is 1. The summed E-state index contributed by atoms with van der Waals surface area (Å²) in [6, 6.07) is 7.42. The molecule has 2 aromatic heterocycles. The Bertz CT molecular complexity index is 1270. The third-order valence-corrected chi connectivity index (χ3v) is 7.53. The predicted octanol–water partition coefficient (Wildman–Crippen LogP) is 3.43. The van der Waals surface area contributed by atoms with Gasteiger partial charge in [-0.15, -0.1) is 0 Å². The Morgan fingerprint density at radius 2 is 2.10 bits per heavy atom. The van der Waals surface area contributed by atoms with E-state index in [0.717, 1.165) is 6.42 Å². The summed E-state index contributed by atoms with van der Waals surface area (Å²) < 4.78 is 40.2. The smallest absolute Gasteiger partial charge is 0.252 e. The number of benzene rings is 1. The first-order valence-corrected chi connectivity index (χ1v) is 12.2. The summed E-state index contributed by atoms with van der Waals surface area (Å²) in [6.07, 6.45) is 1.19. The van der Waals surface area contributed by atoms with Crippen molar-refractivity contribution in [2.24, 2.45) is 0 Å². The zero-order valence-electron chi connectivity index (χ0n) is 17.7. The summed E-state index contributed by atoms with van der Waals surface area (Å²) in [6.45, 7) is 5.65. The Hall–Kier alpha value is -2.81. The number of carbonyl (C=O) groups excluding carboxylic acids is 1. The molecule has 0 radical (unpaired) electrons. The molecular weight excluding hydrogens is 419 g/mol. The molecule has 31 heavy (non-hydrogen) atoms. The zero-order chi connectivity index (χ0) is 22.3. The third kappa shape index (κ3) is 4.06. The Labute approximate surface area is 180 Å². The maximum atomic E-state index is 14.5. The molecule has 1 aromatic carbocycles. The van der Waals surface area contributed by atoms with Crippen LogP contribution >= 0.6 is 0 Å². The Morgan fingerprint density at radius 1 is 1.35 bits per heavy atom. The maximum Gasteiger partial charge on any atom is 0.252 e. The molecule has 1 fully saturated rings. The van der Waals surface area contributed by atoms with E-state index in [1.165, 1.54) is 6.07 Å². The summed E-state index contributed by atoms with van der Waals surface area (Å²) in [5.74, 6) is -0.676. The van der Waals surface area contributed by atoms with Crippen molar-refractivity contribution in [2.75, 3.05) is 11.5 Å². The highest BCUT2D eigenvalue weighted by atomic mass is 32.2. The second-order valence-electron chi connectivity index (χ2n) is 8.10. The molecule has 3 aromatic rings. The number of pyridine rings is 1. The molecule has 0 aliphatic carbocycles. The molecule has 9 heteroatoms. The second-order valence-corrected chi connectivity index (χ2v) is 10.3. The van der Waals surface area contributed by atoms with E-state index in [1.807, 2.05) is 13.8 Å². The first-order valence-electron chi connectivity index (χ1n) is 10.4. The lowest BCUT2D eigenvalue weighted by Crippen LogP contribution is -2.32. The Morgan fingerprint density at radius 3 is 2.74 bits per heavy atom. The molecule has 1 aliphatic heterocycles. The fourth-order valence-corrected chi connectivity index (χ4v) is 5.62. The van der Waals surface area contributed by atoms with Crippen LogP contribution in [0.4, 0.5) is 4.39 Å². The number of amides is 1. The van der Waals surface area contributed by atoms with Crippen molar-refractivity contribution in [1.82, 2.24) is 20.1 Å². The monoisotopic (exact) mass is 444 g/mol. The molecule has 7 nitrogen and oxygen atoms in total. The van der Waals surface area contributed by atoms with Crippen LogP contribution in [0, 0.1) is 12.7 Å². The van der Waals surface area contributed by atoms with Gasteiger partial charge in [0.05, 0.1) is 39.9 Å². The van der Waals surface area contributed by atoms with Crippen molar-refractivity contribution in [3.63, 3.8) is 0 Å². The highest BCUT2D eigenvalue weighted by molar-refractivity contribution is 7.91. The van der Waals surface area contributed by atoms with Gasteiger partial charge in [0, 0.05) is 11.6 Å². The van der Waals surface area contributed by atoms with E-state index in [-0.39, 0.29) is 35.1 Å². The molecule has 1 N–H and O–H groups in total. The SMILES string of the molecule is CCC(C)NC(=O)c1cc(-c2ccccc2F)nc2c1c(C)nn2C1CCS(=O)(=O)C1. The van der Waals surface area contributed by atoms with Gasteiger partial charge in [0.15, 0.2) is 15.5 Å². The van der Waals surface area contributed by atoms with Gasteiger partial charge in [-0.2, -0.15) is 5.10 Å². The van der Waals surface area contributed by atoms with Crippen LogP contribution < -0.4 is 5.32 Å². The van der Waals surface area contributed by atoms with E-state index in [4.69, 9.17) is 0 Å². The topological polar surface area (TPSA) is 93.9 Å². The van der Waals surface area contributed by atoms with Gasteiger partial charge in [-0.05, 0) is 44.9 Å². The minimum atomic E-state index is -3.15. The lowest BCUT2D eigenvalue weighted by molar-refractivity contribution is 0.0941. The number of hydrogen-bond donors (Lipinski definition) is 1. The van der Waals surface area contributed by atoms with E-state index < -0.39 is 15.7 Å². The Balaban J connectivity index is 1.95. The molecule has 3 heterocycles. The van der Waals surface area contributed by atoms with Crippen molar-refractivity contribution in [2.45, 2.75) is 45.7 Å². The normalized spacial score (nSPS) is 18.9. The number of hydrogen-bond acceptors (Lipinski definition) is 5. The van der Waals surface area contributed by atoms with Crippen LogP contribution in [0.3, 0.4) is 0 Å². The van der Waals surface area contributed by atoms with Gasteiger partial charge in [-0.1, -0.05) is 19.1 Å². The number of rotatable bonds is 5. The lowest BCUT2D eigenvalue weighted by Gasteiger charge is -2.14. The van der Waals surface area contributed by atoms with Gasteiger partial charge in [0.1, 0.15) is 5.82 Å². The number of sulfone groups is 1. The van der Waals surface area contributed by atoms with Crippen molar-refractivity contribution in [3.05, 3.63) is 47.4 Å². The number of carbonyl (C=O) groups is 1. The number of aryl methyl sites for hydroxylation is 1. The van der Waals surface area contributed by atoms with Gasteiger partial charge < -0.3 is 5.32 Å². The molecule has 0 bridgehead atoms. The number of fused-ring (bicyclic) bond motifs is 1. The molecule has 2 atom stereocenters. The molecule has 0 spiro atoms. The number of aromatic nitrogens is 3. The standard InChI is InChI=1S/C22H25FN4O3S/c1-4-13(2)24-22(28)17-11-19(16-7-5-6-8-18(16)23)25-21-20(17)14(3)26-27(21)15-9-10-31(29,30)12-15/h5-8,11,13,15H,4,9-10,12H2,1-3H3,(H,24,28). The minimum absolute atomic E-state index is 0.0246. The van der Waals surface area contributed by atoms with Crippen LogP contribution in [0.15, 0.2) is 30.3 Å². The number of nitrogens with one attached hydrogen (secondary N) is 1. The second kappa shape index (κ2) is 8.03. The summed E-state index contributed by atoms with van der Waals surface area (Å²) >= 11 is 0. The Kier molecular flexibility index (Phi) is 5.55. The van der Waals surface area contributed by atoms with E-state index >= 15 is 0 Å². The van der Waals surface area contributed by atoms with Gasteiger partial charge in [0.2, 0.25) is 0 Å². The van der Waals surface area contributed by atoms with E-state index in [9.17, 15) is 17.6 Å².